The number of nitrogens with zero attached hydrogens (tertiary/aromatic N) is 1. The Balaban J connectivity index is 2.02. The van der Waals surface area contributed by atoms with Crippen LogP contribution in [0.5, 0.6) is 0 Å². The van der Waals surface area contributed by atoms with Crippen molar-refractivity contribution in [2.45, 2.75) is 57.9 Å². The molecule has 0 bridgehead atoms. The molecule has 1 atom stereocenters. The van der Waals surface area contributed by atoms with Crippen LogP contribution in [0.4, 0.5) is 5.69 Å². The molecule has 1 heterocycles. The Morgan fingerprint density at radius 3 is 2.84 bits per heavy atom. The maximum atomic E-state index is 6.06. The van der Waals surface area contributed by atoms with E-state index in [9.17, 15) is 0 Å². The lowest BCUT2D eigenvalue weighted by molar-refractivity contribution is 0.267. The molecule has 0 aliphatic heterocycles. The van der Waals surface area contributed by atoms with Crippen molar-refractivity contribution >= 4 is 5.69 Å². The monoisotopic (exact) mass is 261 g/mol. The summed E-state index contributed by atoms with van der Waals surface area (Å²) in [4.78, 5) is 4.22. The maximum Gasteiger partial charge on any atom is 0.0378 e. The van der Waals surface area contributed by atoms with Gasteiger partial charge in [0, 0.05) is 24.1 Å². The lowest BCUT2D eigenvalue weighted by atomic mass is 9.81. The summed E-state index contributed by atoms with van der Waals surface area (Å²) in [5, 5.41) is 3.73. The smallest absolute Gasteiger partial charge is 0.0378 e. The predicted molar refractivity (Wildman–Crippen MR) is 81.0 cm³/mol. The fraction of sp³-hybridized carbons (Fsp3) is 0.688. The number of nitrogen functional groups attached to an aromatic ring is 1. The van der Waals surface area contributed by atoms with Gasteiger partial charge in [-0.2, -0.15) is 0 Å². The summed E-state index contributed by atoms with van der Waals surface area (Å²) in [5.41, 5.74) is 8.14. The van der Waals surface area contributed by atoms with E-state index in [1.165, 1.54) is 44.1 Å². The molecule has 0 amide bonds. The highest BCUT2D eigenvalue weighted by Gasteiger charge is 2.23. The van der Waals surface area contributed by atoms with E-state index >= 15 is 0 Å². The van der Waals surface area contributed by atoms with Crippen molar-refractivity contribution in [1.29, 1.82) is 0 Å². The summed E-state index contributed by atoms with van der Waals surface area (Å²) in [5.74, 6) is 0.805. The standard InChI is InChI=1S/C16H27N3/c1-2-9-19-16(13-6-4-3-5-7-13)11-14-12-18-10-8-15(14)17/h8,10,12-13,16,19H,2-7,9,11H2,1H3,(H2,17,18). The summed E-state index contributed by atoms with van der Waals surface area (Å²) < 4.78 is 0. The third-order valence-corrected chi connectivity index (χ3v) is 4.26. The third-order valence-electron chi connectivity index (χ3n) is 4.26. The average molecular weight is 261 g/mol. The van der Waals surface area contributed by atoms with Gasteiger partial charge in [-0.3, -0.25) is 4.98 Å². The molecule has 3 nitrogen and oxygen atoms in total. The molecule has 1 unspecified atom stereocenters. The van der Waals surface area contributed by atoms with Crippen molar-refractivity contribution in [1.82, 2.24) is 10.3 Å². The van der Waals surface area contributed by atoms with Crippen LogP contribution < -0.4 is 11.1 Å². The Labute approximate surface area is 117 Å². The van der Waals surface area contributed by atoms with E-state index in [0.717, 1.165) is 24.6 Å². The van der Waals surface area contributed by atoms with Gasteiger partial charge in [0.15, 0.2) is 0 Å². The Bertz CT molecular complexity index is 372. The van der Waals surface area contributed by atoms with Crippen molar-refractivity contribution in [3.63, 3.8) is 0 Å². The summed E-state index contributed by atoms with van der Waals surface area (Å²) in [6.45, 7) is 3.32. The molecule has 1 aliphatic carbocycles. The minimum absolute atomic E-state index is 0.562. The lowest BCUT2D eigenvalue weighted by Gasteiger charge is -2.31. The van der Waals surface area contributed by atoms with Crippen LogP contribution in [0, 0.1) is 5.92 Å². The van der Waals surface area contributed by atoms with Crippen molar-refractivity contribution in [3.05, 3.63) is 24.0 Å². The minimum atomic E-state index is 0.562. The van der Waals surface area contributed by atoms with Crippen LogP contribution in [0.15, 0.2) is 18.5 Å². The van der Waals surface area contributed by atoms with Crippen LogP contribution >= 0.6 is 0 Å². The number of anilines is 1. The zero-order valence-corrected chi connectivity index (χ0v) is 12.1. The van der Waals surface area contributed by atoms with Crippen molar-refractivity contribution in [3.8, 4) is 0 Å². The van der Waals surface area contributed by atoms with Gasteiger partial charge in [0.1, 0.15) is 0 Å². The van der Waals surface area contributed by atoms with Gasteiger partial charge in [0.05, 0.1) is 0 Å². The fourth-order valence-electron chi connectivity index (χ4n) is 3.12. The normalized spacial score (nSPS) is 18.4. The number of aromatic nitrogens is 1. The summed E-state index contributed by atoms with van der Waals surface area (Å²) in [7, 11) is 0. The number of hydrogen-bond donors (Lipinski definition) is 2. The van der Waals surface area contributed by atoms with E-state index in [4.69, 9.17) is 5.73 Å². The van der Waals surface area contributed by atoms with Gasteiger partial charge in [-0.1, -0.05) is 26.2 Å². The van der Waals surface area contributed by atoms with Gasteiger partial charge in [0.25, 0.3) is 0 Å². The highest BCUT2D eigenvalue weighted by molar-refractivity contribution is 5.44. The van der Waals surface area contributed by atoms with Crippen LogP contribution in [0.1, 0.15) is 51.0 Å². The second-order valence-corrected chi connectivity index (χ2v) is 5.74. The largest absolute Gasteiger partial charge is 0.398 e. The van der Waals surface area contributed by atoms with E-state index in [1.807, 2.05) is 12.3 Å². The predicted octanol–water partition coefficient (Wildman–Crippen LogP) is 3.15. The number of hydrogen-bond acceptors (Lipinski definition) is 3. The number of nitrogens with two attached hydrogens (primary N) is 1. The van der Waals surface area contributed by atoms with Gasteiger partial charge in [0.2, 0.25) is 0 Å². The zero-order chi connectivity index (χ0) is 13.5. The molecule has 0 radical (unpaired) electrons. The molecular formula is C16H27N3. The highest BCUT2D eigenvalue weighted by atomic mass is 14.9. The molecule has 3 heteroatoms. The molecule has 0 spiro atoms. The van der Waals surface area contributed by atoms with Gasteiger partial charge in [-0.15, -0.1) is 0 Å². The van der Waals surface area contributed by atoms with Gasteiger partial charge in [-0.25, -0.2) is 0 Å². The quantitative estimate of drug-likeness (QED) is 0.827. The maximum absolute atomic E-state index is 6.06. The lowest BCUT2D eigenvalue weighted by Crippen LogP contribution is -2.39. The van der Waals surface area contributed by atoms with Crippen molar-refractivity contribution in [2.24, 2.45) is 5.92 Å². The third kappa shape index (κ3) is 4.20. The molecule has 1 aromatic rings. The summed E-state index contributed by atoms with van der Waals surface area (Å²) in [6, 6.07) is 2.47. The molecule has 1 fully saturated rings. The van der Waals surface area contributed by atoms with Crippen LogP contribution in [0.3, 0.4) is 0 Å². The first kappa shape index (κ1) is 14.3. The molecule has 2 rings (SSSR count). The molecule has 1 saturated carbocycles. The zero-order valence-electron chi connectivity index (χ0n) is 12.1. The van der Waals surface area contributed by atoms with Gasteiger partial charge in [-0.05, 0) is 49.8 Å². The molecule has 0 aromatic carbocycles. The van der Waals surface area contributed by atoms with Crippen LogP contribution in [0.2, 0.25) is 0 Å². The van der Waals surface area contributed by atoms with E-state index in [2.05, 4.69) is 17.2 Å². The first-order chi connectivity index (χ1) is 9.31. The Hall–Kier alpha value is -1.09. The van der Waals surface area contributed by atoms with E-state index in [-0.39, 0.29) is 0 Å². The van der Waals surface area contributed by atoms with Crippen LogP contribution in [0.25, 0.3) is 0 Å². The van der Waals surface area contributed by atoms with Crippen LogP contribution in [-0.4, -0.2) is 17.6 Å². The van der Waals surface area contributed by atoms with E-state index in [1.54, 1.807) is 6.20 Å². The Kier molecular flexibility index (Phi) is 5.64. The SMILES string of the molecule is CCCNC(Cc1cnccc1N)C1CCCCC1. The molecule has 0 saturated heterocycles. The Morgan fingerprint density at radius 2 is 2.16 bits per heavy atom. The number of nitrogens with one attached hydrogen (secondary N) is 1. The summed E-state index contributed by atoms with van der Waals surface area (Å²) in [6.07, 6.45) is 12.8. The highest BCUT2D eigenvalue weighted by Crippen LogP contribution is 2.28. The molecule has 1 aliphatic rings. The number of rotatable bonds is 6. The van der Waals surface area contributed by atoms with Crippen molar-refractivity contribution < 1.29 is 0 Å². The van der Waals surface area contributed by atoms with E-state index < -0.39 is 0 Å². The van der Waals surface area contributed by atoms with Gasteiger partial charge < -0.3 is 11.1 Å². The fourth-order valence-corrected chi connectivity index (χ4v) is 3.12. The van der Waals surface area contributed by atoms with E-state index in [0.29, 0.717) is 6.04 Å². The first-order valence-corrected chi connectivity index (χ1v) is 7.73. The second kappa shape index (κ2) is 7.49. The number of pyridine rings is 1. The van der Waals surface area contributed by atoms with Gasteiger partial charge >= 0.3 is 0 Å². The van der Waals surface area contributed by atoms with Crippen LogP contribution in [-0.2, 0) is 6.42 Å². The molecule has 1 aromatic heterocycles. The molecule has 3 N–H and O–H groups in total. The topological polar surface area (TPSA) is 50.9 Å². The summed E-state index contributed by atoms with van der Waals surface area (Å²) >= 11 is 0. The molecule has 19 heavy (non-hydrogen) atoms. The molecular weight excluding hydrogens is 234 g/mol. The minimum Gasteiger partial charge on any atom is -0.398 e. The molecule has 106 valence electrons. The Morgan fingerprint density at radius 1 is 1.37 bits per heavy atom. The van der Waals surface area contributed by atoms with Crippen molar-refractivity contribution in [2.75, 3.05) is 12.3 Å². The first-order valence-electron chi connectivity index (χ1n) is 7.73. The average Bonchev–Trinajstić information content (AvgIpc) is 2.46. The second-order valence-electron chi connectivity index (χ2n) is 5.74.